The Balaban J connectivity index is 2.19. The van der Waals surface area contributed by atoms with E-state index in [1.54, 1.807) is 0 Å². The van der Waals surface area contributed by atoms with Gasteiger partial charge < -0.3 is 4.74 Å². The summed E-state index contributed by atoms with van der Waals surface area (Å²) in [5, 5.41) is -1.09. The van der Waals surface area contributed by atoms with Crippen molar-refractivity contribution in [1.82, 2.24) is 9.55 Å². The summed E-state index contributed by atoms with van der Waals surface area (Å²) in [5.41, 5.74) is -0.640. The average Bonchev–Trinajstić information content (AvgIpc) is 2.92. The predicted molar refractivity (Wildman–Crippen MR) is 84.6 cm³/mol. The standard InChI is InChI=1S/C14H6BrF5N2O2S/c15-8-5-9-10(21-12(25-9)14(18,19)20)22(11(8)23)6-1-3-7(4-2-6)24-13(16)17/h1-5,13H. The number of pyridine rings is 1. The highest BCUT2D eigenvalue weighted by Gasteiger charge is 2.35. The van der Waals surface area contributed by atoms with Gasteiger partial charge in [0.1, 0.15) is 5.75 Å². The lowest BCUT2D eigenvalue weighted by molar-refractivity contribution is -0.137. The largest absolute Gasteiger partial charge is 0.443 e. The van der Waals surface area contributed by atoms with Crippen molar-refractivity contribution in [2.45, 2.75) is 12.8 Å². The summed E-state index contributed by atoms with van der Waals surface area (Å²) in [6, 6.07) is 6.17. The van der Waals surface area contributed by atoms with Crippen LogP contribution in [-0.4, -0.2) is 16.2 Å². The minimum absolute atomic E-state index is 0.0466. The highest BCUT2D eigenvalue weighted by atomic mass is 79.9. The summed E-state index contributed by atoms with van der Waals surface area (Å²) in [6.07, 6.45) is -4.65. The first-order valence-electron chi connectivity index (χ1n) is 6.51. The number of hydrogen-bond acceptors (Lipinski definition) is 4. The second-order valence-corrected chi connectivity index (χ2v) is 6.59. The van der Waals surface area contributed by atoms with Crippen LogP contribution in [0.25, 0.3) is 16.0 Å². The first kappa shape index (κ1) is 17.8. The van der Waals surface area contributed by atoms with Crippen LogP contribution >= 0.6 is 27.3 Å². The van der Waals surface area contributed by atoms with Crippen LogP contribution in [0.4, 0.5) is 22.0 Å². The number of benzene rings is 1. The molecule has 2 aromatic heterocycles. The Morgan fingerprint density at radius 1 is 1.20 bits per heavy atom. The Labute approximate surface area is 148 Å². The third-order valence-electron chi connectivity index (χ3n) is 3.07. The number of rotatable bonds is 3. The third kappa shape index (κ3) is 3.52. The molecule has 3 aromatic rings. The van der Waals surface area contributed by atoms with Gasteiger partial charge in [-0.15, -0.1) is 11.3 Å². The average molecular weight is 441 g/mol. The zero-order chi connectivity index (χ0) is 18.4. The molecule has 0 saturated carbocycles. The van der Waals surface area contributed by atoms with Gasteiger partial charge in [-0.2, -0.15) is 22.0 Å². The summed E-state index contributed by atoms with van der Waals surface area (Å²) < 4.78 is 68.4. The normalized spacial score (nSPS) is 12.1. The molecule has 0 aliphatic rings. The predicted octanol–water partition coefficient (Wildman–Crippen LogP) is 4.83. The van der Waals surface area contributed by atoms with Crippen molar-refractivity contribution in [3.8, 4) is 11.4 Å². The van der Waals surface area contributed by atoms with Crippen LogP contribution in [0.1, 0.15) is 5.01 Å². The van der Waals surface area contributed by atoms with E-state index in [4.69, 9.17) is 0 Å². The fourth-order valence-corrected chi connectivity index (χ4v) is 3.51. The number of ether oxygens (including phenoxy) is 1. The van der Waals surface area contributed by atoms with E-state index < -0.39 is 23.4 Å². The van der Waals surface area contributed by atoms with Crippen molar-refractivity contribution in [3.63, 3.8) is 0 Å². The van der Waals surface area contributed by atoms with Gasteiger partial charge >= 0.3 is 12.8 Å². The number of alkyl halides is 5. The van der Waals surface area contributed by atoms with Crippen LogP contribution in [0.5, 0.6) is 5.75 Å². The highest BCUT2D eigenvalue weighted by Crippen LogP contribution is 2.36. The van der Waals surface area contributed by atoms with Crippen LogP contribution in [0.2, 0.25) is 0 Å². The smallest absolute Gasteiger partial charge is 0.435 e. The van der Waals surface area contributed by atoms with Gasteiger partial charge in [-0.25, -0.2) is 4.98 Å². The lowest BCUT2D eigenvalue weighted by Gasteiger charge is -2.09. The lowest BCUT2D eigenvalue weighted by Crippen LogP contribution is -2.19. The van der Waals surface area contributed by atoms with E-state index in [0.29, 0.717) is 11.3 Å². The molecule has 0 N–H and O–H groups in total. The fourth-order valence-electron chi connectivity index (χ4n) is 2.10. The van der Waals surface area contributed by atoms with Gasteiger partial charge in [-0.1, -0.05) is 0 Å². The first-order valence-corrected chi connectivity index (χ1v) is 8.12. The molecule has 132 valence electrons. The van der Waals surface area contributed by atoms with Crippen molar-refractivity contribution in [3.05, 3.63) is 50.2 Å². The highest BCUT2D eigenvalue weighted by molar-refractivity contribution is 9.10. The van der Waals surface area contributed by atoms with Crippen molar-refractivity contribution in [2.75, 3.05) is 0 Å². The molecule has 0 unspecified atom stereocenters. The summed E-state index contributed by atoms with van der Waals surface area (Å²) in [4.78, 5) is 15.9. The number of hydrogen-bond donors (Lipinski definition) is 0. The Hall–Kier alpha value is -2.01. The molecule has 0 saturated heterocycles. The Bertz CT molecular complexity index is 982. The number of nitrogens with zero attached hydrogens (tertiary/aromatic N) is 2. The zero-order valence-corrected chi connectivity index (χ0v) is 14.3. The molecule has 25 heavy (non-hydrogen) atoms. The van der Waals surface area contributed by atoms with E-state index in [1.807, 2.05) is 0 Å². The Morgan fingerprint density at radius 2 is 1.84 bits per heavy atom. The van der Waals surface area contributed by atoms with Crippen molar-refractivity contribution < 1.29 is 26.7 Å². The minimum Gasteiger partial charge on any atom is -0.435 e. The fraction of sp³-hybridized carbons (Fsp3) is 0.143. The van der Waals surface area contributed by atoms with Crippen molar-refractivity contribution in [2.24, 2.45) is 0 Å². The van der Waals surface area contributed by atoms with Gasteiger partial charge in [0.2, 0.25) is 5.01 Å². The second kappa shape index (κ2) is 6.37. The van der Waals surface area contributed by atoms with Crippen LogP contribution in [0.3, 0.4) is 0 Å². The molecule has 1 aromatic carbocycles. The SMILES string of the molecule is O=c1c(Br)cc2sc(C(F)(F)F)nc2n1-c1ccc(OC(F)F)cc1. The van der Waals surface area contributed by atoms with E-state index in [2.05, 4.69) is 25.7 Å². The van der Waals surface area contributed by atoms with Crippen molar-refractivity contribution >= 4 is 37.6 Å². The Morgan fingerprint density at radius 3 is 2.40 bits per heavy atom. The van der Waals surface area contributed by atoms with Crippen LogP contribution < -0.4 is 10.3 Å². The molecular formula is C14H6BrF5N2O2S. The molecule has 0 fully saturated rings. The topological polar surface area (TPSA) is 44.1 Å². The van der Waals surface area contributed by atoms with Gasteiger partial charge in [0, 0.05) is 0 Å². The number of fused-ring (bicyclic) bond motifs is 1. The zero-order valence-electron chi connectivity index (χ0n) is 11.9. The third-order valence-corrected chi connectivity index (χ3v) is 4.68. The molecule has 0 bridgehead atoms. The first-order chi connectivity index (χ1) is 11.7. The number of halogens is 6. The monoisotopic (exact) mass is 440 g/mol. The molecule has 0 aliphatic carbocycles. The van der Waals surface area contributed by atoms with E-state index >= 15 is 0 Å². The quantitative estimate of drug-likeness (QED) is 0.548. The van der Waals surface area contributed by atoms with E-state index in [-0.39, 0.29) is 26.3 Å². The molecule has 3 rings (SSSR count). The number of thiazole rings is 1. The van der Waals surface area contributed by atoms with Gasteiger partial charge in [0.25, 0.3) is 5.56 Å². The van der Waals surface area contributed by atoms with Crippen LogP contribution in [0, 0.1) is 0 Å². The van der Waals surface area contributed by atoms with Gasteiger partial charge in [0.15, 0.2) is 5.65 Å². The van der Waals surface area contributed by atoms with Gasteiger partial charge in [0.05, 0.1) is 14.9 Å². The van der Waals surface area contributed by atoms with E-state index in [9.17, 15) is 26.7 Å². The van der Waals surface area contributed by atoms with E-state index in [1.165, 1.54) is 30.3 Å². The molecule has 11 heteroatoms. The molecule has 2 heterocycles. The summed E-state index contributed by atoms with van der Waals surface area (Å²) in [5.74, 6) is -0.146. The van der Waals surface area contributed by atoms with Gasteiger partial charge in [-0.3, -0.25) is 9.36 Å². The van der Waals surface area contributed by atoms with Crippen LogP contribution in [0.15, 0.2) is 39.6 Å². The molecule has 0 aliphatic heterocycles. The number of aromatic nitrogens is 2. The molecule has 0 atom stereocenters. The Kier molecular flexibility index (Phi) is 4.54. The molecule has 4 nitrogen and oxygen atoms in total. The maximum absolute atomic E-state index is 12.9. The summed E-state index contributed by atoms with van der Waals surface area (Å²) in [7, 11) is 0. The lowest BCUT2D eigenvalue weighted by atomic mass is 10.3. The molecule has 0 spiro atoms. The summed E-state index contributed by atoms with van der Waals surface area (Å²) >= 11 is 3.41. The van der Waals surface area contributed by atoms with Gasteiger partial charge in [-0.05, 0) is 46.3 Å². The second-order valence-electron chi connectivity index (χ2n) is 4.71. The molecule has 0 amide bonds. The molecular weight excluding hydrogens is 435 g/mol. The van der Waals surface area contributed by atoms with E-state index in [0.717, 1.165) is 4.57 Å². The van der Waals surface area contributed by atoms with Crippen molar-refractivity contribution in [1.29, 1.82) is 0 Å². The minimum atomic E-state index is -4.65. The summed E-state index contributed by atoms with van der Waals surface area (Å²) in [6.45, 7) is -3.01. The maximum atomic E-state index is 12.9. The maximum Gasteiger partial charge on any atom is 0.443 e. The van der Waals surface area contributed by atoms with Crippen LogP contribution in [-0.2, 0) is 6.18 Å². The molecule has 0 radical (unpaired) electrons.